The summed E-state index contributed by atoms with van der Waals surface area (Å²) in [4.78, 5) is 25.1. The first-order chi connectivity index (χ1) is 15.6. The van der Waals surface area contributed by atoms with Crippen LogP contribution in [0.2, 0.25) is 0 Å². The minimum atomic E-state index is -0.404. The topological polar surface area (TPSA) is 85.9 Å². The lowest BCUT2D eigenvalue weighted by atomic mass is 10.1. The van der Waals surface area contributed by atoms with Crippen molar-refractivity contribution in [3.8, 4) is 17.2 Å². The van der Waals surface area contributed by atoms with Gasteiger partial charge in [0.1, 0.15) is 11.5 Å². The van der Waals surface area contributed by atoms with Crippen LogP contribution in [0.3, 0.4) is 0 Å². The number of benzene rings is 3. The lowest BCUT2D eigenvalue weighted by Crippen LogP contribution is -2.25. The Bertz CT molecular complexity index is 1190. The first-order valence-corrected chi connectivity index (χ1v) is 9.96. The predicted molar refractivity (Wildman–Crippen MR) is 121 cm³/mol. The van der Waals surface area contributed by atoms with Crippen LogP contribution < -0.4 is 24.8 Å². The van der Waals surface area contributed by atoms with Crippen molar-refractivity contribution >= 4 is 23.6 Å². The van der Waals surface area contributed by atoms with E-state index in [0.29, 0.717) is 29.3 Å². The van der Waals surface area contributed by atoms with Gasteiger partial charge in [-0.2, -0.15) is 0 Å². The Labute approximate surface area is 185 Å². The second-order valence-electron chi connectivity index (χ2n) is 7.05. The fraction of sp³-hybridized carbons (Fsp3) is 0.120. The molecule has 0 saturated carbocycles. The Hall–Kier alpha value is -4.26. The highest BCUT2D eigenvalue weighted by Crippen LogP contribution is 2.33. The smallest absolute Gasteiger partial charge is 0.291 e. The van der Waals surface area contributed by atoms with Crippen LogP contribution in [0.1, 0.15) is 21.5 Å². The lowest BCUT2D eigenvalue weighted by molar-refractivity contribution is -0.115. The summed E-state index contributed by atoms with van der Waals surface area (Å²) in [6, 6.07) is 19.7. The number of carbonyl (C=O) groups is 2. The third-order valence-corrected chi connectivity index (χ3v) is 4.97. The second kappa shape index (κ2) is 9.26. The van der Waals surface area contributed by atoms with Gasteiger partial charge in [-0.05, 0) is 48.0 Å². The van der Waals surface area contributed by atoms with Gasteiger partial charge in [-0.1, -0.05) is 30.3 Å². The molecule has 162 valence electrons. The number of rotatable bonds is 6. The summed E-state index contributed by atoms with van der Waals surface area (Å²) in [5.41, 5.74) is 2.51. The zero-order chi connectivity index (χ0) is 22.5. The summed E-state index contributed by atoms with van der Waals surface area (Å²) in [6.45, 7) is 0.370. The first kappa shape index (κ1) is 21.0. The molecular formula is C25H22N2O5. The van der Waals surface area contributed by atoms with Gasteiger partial charge in [0.15, 0.2) is 11.5 Å². The molecule has 7 nitrogen and oxygen atoms in total. The van der Waals surface area contributed by atoms with Crippen molar-refractivity contribution in [2.75, 3.05) is 19.5 Å². The number of hydrogen-bond donors (Lipinski definition) is 2. The van der Waals surface area contributed by atoms with Crippen molar-refractivity contribution in [3.05, 3.63) is 89.2 Å². The van der Waals surface area contributed by atoms with Gasteiger partial charge in [0, 0.05) is 17.7 Å². The summed E-state index contributed by atoms with van der Waals surface area (Å²) in [7, 11) is 3.17. The van der Waals surface area contributed by atoms with Crippen LogP contribution >= 0.6 is 0 Å². The largest absolute Gasteiger partial charge is 0.497 e. The first-order valence-electron chi connectivity index (χ1n) is 9.96. The Morgan fingerprint density at radius 3 is 2.56 bits per heavy atom. The molecule has 1 heterocycles. The molecule has 0 spiro atoms. The molecule has 2 amide bonds. The number of para-hydroxylation sites is 1. The highest BCUT2D eigenvalue weighted by molar-refractivity contribution is 6.09. The van der Waals surface area contributed by atoms with E-state index in [1.54, 1.807) is 44.6 Å². The molecule has 0 aromatic heterocycles. The molecule has 4 rings (SSSR count). The van der Waals surface area contributed by atoms with Crippen LogP contribution in [0.5, 0.6) is 17.2 Å². The van der Waals surface area contributed by atoms with Gasteiger partial charge in [0.2, 0.25) is 0 Å². The number of nitrogens with one attached hydrogen (secondary N) is 2. The minimum absolute atomic E-state index is 0.138. The quantitative estimate of drug-likeness (QED) is 0.577. The van der Waals surface area contributed by atoms with Crippen molar-refractivity contribution in [1.82, 2.24) is 5.32 Å². The van der Waals surface area contributed by atoms with E-state index in [0.717, 1.165) is 16.9 Å². The SMILES string of the molecule is COc1ccc(CNC(=O)c2ccc3c(c2)NC(=O)C(=Cc2ccccc2OC)O3)cc1. The molecule has 3 aromatic carbocycles. The molecule has 0 unspecified atom stereocenters. The van der Waals surface area contributed by atoms with Crippen LogP contribution in [0.25, 0.3) is 6.08 Å². The maximum absolute atomic E-state index is 12.6. The summed E-state index contributed by atoms with van der Waals surface area (Å²) in [6.07, 6.45) is 1.62. The van der Waals surface area contributed by atoms with E-state index in [4.69, 9.17) is 14.2 Å². The van der Waals surface area contributed by atoms with E-state index in [1.165, 1.54) is 0 Å². The molecular weight excluding hydrogens is 408 g/mol. The third kappa shape index (κ3) is 4.57. The van der Waals surface area contributed by atoms with E-state index in [-0.39, 0.29) is 11.7 Å². The average Bonchev–Trinajstić information content (AvgIpc) is 2.83. The highest BCUT2D eigenvalue weighted by Gasteiger charge is 2.23. The van der Waals surface area contributed by atoms with Crippen LogP contribution in [0.4, 0.5) is 5.69 Å². The van der Waals surface area contributed by atoms with Crippen LogP contribution in [-0.2, 0) is 11.3 Å². The maximum atomic E-state index is 12.6. The molecule has 1 aliphatic heterocycles. The molecule has 0 bridgehead atoms. The molecule has 0 saturated heterocycles. The Morgan fingerprint density at radius 2 is 1.81 bits per heavy atom. The average molecular weight is 430 g/mol. The van der Waals surface area contributed by atoms with E-state index in [1.807, 2.05) is 42.5 Å². The predicted octanol–water partition coefficient (Wildman–Crippen LogP) is 4.01. The zero-order valence-electron chi connectivity index (χ0n) is 17.7. The number of methoxy groups -OCH3 is 2. The van der Waals surface area contributed by atoms with Gasteiger partial charge in [-0.25, -0.2) is 0 Å². The number of ether oxygens (including phenoxy) is 3. The molecule has 32 heavy (non-hydrogen) atoms. The maximum Gasteiger partial charge on any atom is 0.291 e. The highest BCUT2D eigenvalue weighted by atomic mass is 16.5. The normalized spacial score (nSPS) is 13.6. The van der Waals surface area contributed by atoms with Crippen molar-refractivity contribution in [1.29, 1.82) is 0 Å². The lowest BCUT2D eigenvalue weighted by Gasteiger charge is -2.21. The Balaban J connectivity index is 1.47. The monoisotopic (exact) mass is 430 g/mol. The molecule has 1 aliphatic rings. The molecule has 0 radical (unpaired) electrons. The van der Waals surface area contributed by atoms with Gasteiger partial charge >= 0.3 is 0 Å². The summed E-state index contributed by atoms with van der Waals surface area (Å²) >= 11 is 0. The van der Waals surface area contributed by atoms with E-state index in [2.05, 4.69) is 10.6 Å². The molecule has 0 aliphatic carbocycles. The van der Waals surface area contributed by atoms with Gasteiger partial charge in [0.25, 0.3) is 11.8 Å². The summed E-state index contributed by atoms with van der Waals surface area (Å²) in [5.74, 6) is 1.32. The number of carbonyl (C=O) groups excluding carboxylic acids is 2. The van der Waals surface area contributed by atoms with Gasteiger partial charge in [-0.3, -0.25) is 9.59 Å². The molecule has 3 aromatic rings. The second-order valence-corrected chi connectivity index (χ2v) is 7.05. The van der Waals surface area contributed by atoms with Gasteiger partial charge in [-0.15, -0.1) is 0 Å². The standard InChI is InChI=1S/C25H22N2O5/c1-30-19-10-7-16(8-11-19)15-26-24(28)18-9-12-22-20(13-18)27-25(29)23(32-22)14-17-5-3-4-6-21(17)31-2/h3-14H,15H2,1-2H3,(H,26,28)(H,27,29). The molecule has 7 heteroatoms. The summed E-state index contributed by atoms with van der Waals surface area (Å²) in [5, 5.41) is 5.65. The fourth-order valence-corrected chi connectivity index (χ4v) is 3.26. The third-order valence-electron chi connectivity index (χ3n) is 4.97. The molecule has 2 N–H and O–H groups in total. The number of anilines is 1. The van der Waals surface area contributed by atoms with E-state index < -0.39 is 5.91 Å². The summed E-state index contributed by atoms with van der Waals surface area (Å²) < 4.78 is 16.2. The molecule has 0 fully saturated rings. The Kier molecular flexibility index (Phi) is 6.07. The number of fused-ring (bicyclic) bond motifs is 1. The van der Waals surface area contributed by atoms with Gasteiger partial charge < -0.3 is 24.8 Å². The number of amides is 2. The van der Waals surface area contributed by atoms with Crippen molar-refractivity contribution in [2.24, 2.45) is 0 Å². The molecule has 0 atom stereocenters. The van der Waals surface area contributed by atoms with E-state index >= 15 is 0 Å². The van der Waals surface area contributed by atoms with Crippen LogP contribution in [-0.4, -0.2) is 26.0 Å². The van der Waals surface area contributed by atoms with Gasteiger partial charge in [0.05, 0.1) is 19.9 Å². The van der Waals surface area contributed by atoms with Crippen molar-refractivity contribution in [3.63, 3.8) is 0 Å². The Morgan fingerprint density at radius 1 is 1.03 bits per heavy atom. The van der Waals surface area contributed by atoms with E-state index in [9.17, 15) is 9.59 Å². The minimum Gasteiger partial charge on any atom is -0.497 e. The van der Waals surface area contributed by atoms with Crippen molar-refractivity contribution < 1.29 is 23.8 Å². The zero-order valence-corrected chi connectivity index (χ0v) is 17.7. The van der Waals surface area contributed by atoms with Crippen molar-refractivity contribution in [2.45, 2.75) is 6.54 Å². The fourth-order valence-electron chi connectivity index (χ4n) is 3.26. The van der Waals surface area contributed by atoms with Crippen LogP contribution in [0, 0.1) is 0 Å². The van der Waals surface area contributed by atoms with Crippen LogP contribution in [0.15, 0.2) is 72.5 Å². The number of hydrogen-bond acceptors (Lipinski definition) is 5.